The van der Waals surface area contributed by atoms with Gasteiger partial charge < -0.3 is 23.8 Å². The zero-order valence-corrected chi connectivity index (χ0v) is 17.3. The number of amides is 1. The summed E-state index contributed by atoms with van der Waals surface area (Å²) in [4.78, 5) is 38.3. The van der Waals surface area contributed by atoms with Crippen molar-refractivity contribution in [1.29, 1.82) is 0 Å². The Labute approximate surface area is 165 Å². The monoisotopic (exact) mass is 395 g/mol. The molecule has 8 heteroatoms. The molecule has 1 atom stereocenters. The van der Waals surface area contributed by atoms with Gasteiger partial charge in [-0.25, -0.2) is 4.79 Å². The lowest BCUT2D eigenvalue weighted by Crippen LogP contribution is -2.48. The summed E-state index contributed by atoms with van der Waals surface area (Å²) < 4.78 is 20.3. The minimum atomic E-state index is -0.847. The van der Waals surface area contributed by atoms with E-state index in [9.17, 15) is 14.4 Å². The Bertz CT molecular complexity index is 687. The van der Waals surface area contributed by atoms with Crippen LogP contribution in [0.25, 0.3) is 0 Å². The number of nitrogens with zero attached hydrogens (tertiary/aromatic N) is 1. The summed E-state index contributed by atoms with van der Waals surface area (Å²) in [5, 5.41) is 0. The van der Waals surface area contributed by atoms with Crippen molar-refractivity contribution in [3.05, 3.63) is 23.8 Å². The molecule has 1 amide bonds. The predicted molar refractivity (Wildman–Crippen MR) is 102 cm³/mol. The molecule has 0 fully saturated rings. The molecule has 0 saturated carbocycles. The van der Waals surface area contributed by atoms with Gasteiger partial charge in [-0.1, -0.05) is 19.9 Å². The third kappa shape index (κ3) is 6.14. The standard InChI is InChI=1S/C20H29NO7/c1-7-28-18(23)11-17(22)21(19(13(2)3)20(24)27-6)12-14-8-9-15(25-4)16(10-14)26-5/h8-10,13,19H,7,11-12H2,1-6H3/t19-/m0/s1. The second-order valence-electron chi connectivity index (χ2n) is 6.40. The van der Waals surface area contributed by atoms with Crippen LogP contribution in [0.4, 0.5) is 0 Å². The molecule has 28 heavy (non-hydrogen) atoms. The summed E-state index contributed by atoms with van der Waals surface area (Å²) in [6.07, 6.45) is -0.457. The Morgan fingerprint density at radius 3 is 2.18 bits per heavy atom. The van der Waals surface area contributed by atoms with Crippen LogP contribution in [0.2, 0.25) is 0 Å². The summed E-state index contributed by atoms with van der Waals surface area (Å²) in [6, 6.07) is 4.35. The highest BCUT2D eigenvalue weighted by molar-refractivity contribution is 5.96. The first-order valence-corrected chi connectivity index (χ1v) is 9.02. The lowest BCUT2D eigenvalue weighted by atomic mass is 10.0. The molecule has 156 valence electrons. The number of benzene rings is 1. The van der Waals surface area contributed by atoms with Gasteiger partial charge >= 0.3 is 11.9 Å². The van der Waals surface area contributed by atoms with Crippen molar-refractivity contribution in [2.75, 3.05) is 27.9 Å². The van der Waals surface area contributed by atoms with Crippen LogP contribution in [0.5, 0.6) is 11.5 Å². The fraction of sp³-hybridized carbons (Fsp3) is 0.550. The number of carbonyl (C=O) groups excluding carboxylic acids is 3. The van der Waals surface area contributed by atoms with Gasteiger partial charge in [0, 0.05) is 6.54 Å². The molecular formula is C20H29NO7. The van der Waals surface area contributed by atoms with E-state index in [1.807, 2.05) is 0 Å². The van der Waals surface area contributed by atoms with Crippen LogP contribution < -0.4 is 9.47 Å². The van der Waals surface area contributed by atoms with E-state index >= 15 is 0 Å². The van der Waals surface area contributed by atoms with Crippen LogP contribution >= 0.6 is 0 Å². The van der Waals surface area contributed by atoms with Gasteiger partial charge in [-0.15, -0.1) is 0 Å². The van der Waals surface area contributed by atoms with Crippen LogP contribution in [0, 0.1) is 5.92 Å². The van der Waals surface area contributed by atoms with E-state index in [-0.39, 0.29) is 19.1 Å². The van der Waals surface area contributed by atoms with Crippen molar-refractivity contribution in [3.8, 4) is 11.5 Å². The SMILES string of the molecule is CCOC(=O)CC(=O)N(Cc1ccc(OC)c(OC)c1)[C@H](C(=O)OC)C(C)C. The number of hydrogen-bond acceptors (Lipinski definition) is 7. The van der Waals surface area contributed by atoms with Gasteiger partial charge in [-0.05, 0) is 30.5 Å². The highest BCUT2D eigenvalue weighted by atomic mass is 16.5. The van der Waals surface area contributed by atoms with Crippen LogP contribution in [0.1, 0.15) is 32.8 Å². The molecule has 0 aliphatic heterocycles. The smallest absolute Gasteiger partial charge is 0.328 e. The van der Waals surface area contributed by atoms with Crippen LogP contribution in [0.15, 0.2) is 18.2 Å². The van der Waals surface area contributed by atoms with E-state index < -0.39 is 30.3 Å². The number of hydrogen-bond donors (Lipinski definition) is 0. The topological polar surface area (TPSA) is 91.4 Å². The third-order valence-corrected chi connectivity index (χ3v) is 4.13. The molecule has 0 saturated heterocycles. The number of esters is 2. The highest BCUT2D eigenvalue weighted by Crippen LogP contribution is 2.29. The maximum atomic E-state index is 12.8. The van der Waals surface area contributed by atoms with Gasteiger partial charge in [0.15, 0.2) is 11.5 Å². The Kier molecular flexibility index (Phi) is 9.27. The molecule has 0 aromatic heterocycles. The minimum Gasteiger partial charge on any atom is -0.493 e. The van der Waals surface area contributed by atoms with E-state index in [4.69, 9.17) is 18.9 Å². The molecule has 1 rings (SSSR count). The molecule has 0 aliphatic rings. The van der Waals surface area contributed by atoms with Crippen molar-refractivity contribution in [2.45, 2.75) is 39.8 Å². The number of ether oxygens (including phenoxy) is 4. The van der Waals surface area contributed by atoms with Gasteiger partial charge in [0.05, 0.1) is 27.9 Å². The lowest BCUT2D eigenvalue weighted by Gasteiger charge is -2.32. The molecule has 0 heterocycles. The normalized spacial score (nSPS) is 11.5. The van der Waals surface area contributed by atoms with Crippen LogP contribution in [0.3, 0.4) is 0 Å². The quantitative estimate of drug-likeness (QED) is 0.443. The average Bonchev–Trinajstić information content (AvgIpc) is 2.66. The van der Waals surface area contributed by atoms with E-state index in [1.165, 1.54) is 26.2 Å². The lowest BCUT2D eigenvalue weighted by molar-refractivity contribution is -0.159. The molecule has 0 N–H and O–H groups in total. The van der Waals surface area contributed by atoms with E-state index in [0.29, 0.717) is 17.1 Å². The Morgan fingerprint density at radius 2 is 1.68 bits per heavy atom. The first kappa shape index (κ1) is 23.3. The molecule has 0 bridgehead atoms. The number of carbonyl (C=O) groups is 3. The van der Waals surface area contributed by atoms with E-state index in [0.717, 1.165) is 0 Å². The summed E-state index contributed by atoms with van der Waals surface area (Å²) in [5.74, 6) is -0.887. The van der Waals surface area contributed by atoms with Crippen molar-refractivity contribution >= 4 is 17.8 Å². The predicted octanol–water partition coefficient (Wildman–Crippen LogP) is 2.18. The maximum absolute atomic E-state index is 12.8. The zero-order chi connectivity index (χ0) is 21.3. The summed E-state index contributed by atoms with van der Waals surface area (Å²) in [7, 11) is 4.30. The molecule has 8 nitrogen and oxygen atoms in total. The average molecular weight is 395 g/mol. The second kappa shape index (κ2) is 11.2. The Balaban J connectivity index is 3.24. The van der Waals surface area contributed by atoms with E-state index in [1.54, 1.807) is 39.0 Å². The van der Waals surface area contributed by atoms with Gasteiger partial charge in [-0.2, -0.15) is 0 Å². The second-order valence-corrected chi connectivity index (χ2v) is 6.40. The highest BCUT2D eigenvalue weighted by Gasteiger charge is 2.34. The fourth-order valence-electron chi connectivity index (χ4n) is 2.83. The third-order valence-electron chi connectivity index (χ3n) is 4.13. The molecular weight excluding hydrogens is 366 g/mol. The van der Waals surface area contributed by atoms with Crippen LogP contribution in [-0.4, -0.2) is 56.7 Å². The Morgan fingerprint density at radius 1 is 1.04 bits per heavy atom. The fourth-order valence-corrected chi connectivity index (χ4v) is 2.83. The van der Waals surface area contributed by atoms with Crippen molar-refractivity contribution in [1.82, 2.24) is 4.90 Å². The first-order valence-electron chi connectivity index (χ1n) is 9.02. The molecule has 0 aliphatic carbocycles. The summed E-state index contributed by atoms with van der Waals surface area (Å²) >= 11 is 0. The Hall–Kier alpha value is -2.77. The zero-order valence-electron chi connectivity index (χ0n) is 17.3. The van der Waals surface area contributed by atoms with Gasteiger partial charge in [-0.3, -0.25) is 9.59 Å². The molecule has 1 aromatic rings. The molecule has 0 radical (unpaired) electrons. The first-order chi connectivity index (χ1) is 13.3. The van der Waals surface area contributed by atoms with Gasteiger partial charge in [0.25, 0.3) is 0 Å². The van der Waals surface area contributed by atoms with Gasteiger partial charge in [0.1, 0.15) is 12.5 Å². The summed E-state index contributed by atoms with van der Waals surface area (Å²) in [6.45, 7) is 5.54. The molecule has 1 aromatic carbocycles. The van der Waals surface area contributed by atoms with Crippen molar-refractivity contribution in [3.63, 3.8) is 0 Å². The number of methoxy groups -OCH3 is 3. The van der Waals surface area contributed by atoms with E-state index in [2.05, 4.69) is 0 Å². The summed E-state index contributed by atoms with van der Waals surface area (Å²) in [5.41, 5.74) is 0.712. The van der Waals surface area contributed by atoms with Crippen molar-refractivity contribution < 1.29 is 33.3 Å². The van der Waals surface area contributed by atoms with Crippen molar-refractivity contribution in [2.24, 2.45) is 5.92 Å². The number of rotatable bonds is 10. The van der Waals surface area contributed by atoms with Gasteiger partial charge in [0.2, 0.25) is 5.91 Å². The molecule has 0 unspecified atom stereocenters. The van der Waals surface area contributed by atoms with Crippen LogP contribution in [-0.2, 0) is 30.4 Å². The largest absolute Gasteiger partial charge is 0.493 e. The minimum absolute atomic E-state index is 0.0938. The maximum Gasteiger partial charge on any atom is 0.328 e. The molecule has 0 spiro atoms.